The van der Waals surface area contributed by atoms with E-state index in [0.717, 1.165) is 105 Å². The van der Waals surface area contributed by atoms with E-state index in [2.05, 4.69) is 57.8 Å². The second-order valence-electron chi connectivity index (χ2n) is 17.5. The molecule has 7 aliphatic rings. The minimum Gasteiger partial charge on any atom is -0.516 e. The van der Waals surface area contributed by atoms with Crippen LogP contribution in [-0.2, 0) is 19.2 Å². The quantitative estimate of drug-likeness (QED) is 0.0874. The van der Waals surface area contributed by atoms with Crippen molar-refractivity contribution in [2.75, 3.05) is 59.0 Å². The van der Waals surface area contributed by atoms with Gasteiger partial charge in [-0.3, -0.25) is 39.2 Å². The van der Waals surface area contributed by atoms with Gasteiger partial charge in [0.15, 0.2) is 0 Å². The lowest BCUT2D eigenvalue weighted by molar-refractivity contribution is -0.150. The molecule has 62 heavy (non-hydrogen) atoms. The molecule has 2 saturated carbocycles. The molecule has 8 rings (SSSR count). The molecular weight excluding hydrogens is 779 g/mol. The van der Waals surface area contributed by atoms with Crippen LogP contribution in [-0.4, -0.2) is 113 Å². The number of nitrogens with one attached hydrogen (secondary N) is 1. The van der Waals surface area contributed by atoms with Crippen molar-refractivity contribution in [3.63, 3.8) is 0 Å². The zero-order valence-corrected chi connectivity index (χ0v) is 36.2. The lowest BCUT2D eigenvalue weighted by Gasteiger charge is -2.40. The Morgan fingerprint density at radius 3 is 2.23 bits per heavy atom. The van der Waals surface area contributed by atoms with Crippen molar-refractivity contribution < 1.29 is 29.0 Å². The number of aliphatic hydroxyl groups excluding tert-OH is 1. The number of hydrogen-bond donors (Lipinski definition) is 2. The van der Waals surface area contributed by atoms with Crippen molar-refractivity contribution >= 4 is 29.2 Å². The Labute approximate surface area is 366 Å². The molecular formula is C51H61N5O6. The summed E-state index contributed by atoms with van der Waals surface area (Å²) >= 11 is 0. The largest absolute Gasteiger partial charge is 0.516 e. The number of amides is 4. The number of carbonyl (C=O) groups is 4. The van der Waals surface area contributed by atoms with Crippen LogP contribution in [0.25, 0.3) is 5.57 Å². The molecule has 4 heterocycles. The summed E-state index contributed by atoms with van der Waals surface area (Å²) in [4.78, 5) is 58.4. The highest BCUT2D eigenvalue weighted by Gasteiger charge is 2.40. The number of fused-ring (bicyclic) bond motifs is 4. The molecule has 0 spiro atoms. The van der Waals surface area contributed by atoms with Crippen LogP contribution in [0.5, 0.6) is 5.75 Å². The first-order valence-corrected chi connectivity index (χ1v) is 22.7. The molecule has 3 saturated heterocycles. The van der Waals surface area contributed by atoms with Gasteiger partial charge in [0.1, 0.15) is 18.4 Å². The Morgan fingerprint density at radius 1 is 0.855 bits per heavy atom. The SMILES string of the molecule is C=CC(=C\C=C\O)/C(=C(\CC)C1C2=C3CCC(=C1CC2)C3)c1ccc(OCCN2CCC(CN3CCN(C4=C/C=C/C(=O)N(C5CCC(=O)NC5=O)C(=O)C=C4)CC3)CC2)cc1. The van der Waals surface area contributed by atoms with E-state index in [1.807, 2.05) is 18.2 Å². The second-order valence-corrected chi connectivity index (χ2v) is 17.5. The third-order valence-electron chi connectivity index (χ3n) is 14.0. The fraction of sp³-hybridized carbons (Fsp3) is 0.451. The van der Waals surface area contributed by atoms with E-state index in [1.165, 1.54) is 55.4 Å². The number of imide groups is 2. The Bertz CT molecular complexity index is 2160. The van der Waals surface area contributed by atoms with Gasteiger partial charge in [0.2, 0.25) is 11.8 Å². The summed E-state index contributed by atoms with van der Waals surface area (Å²) in [5.41, 5.74) is 12.4. The van der Waals surface area contributed by atoms with E-state index in [0.29, 0.717) is 18.4 Å². The smallest absolute Gasteiger partial charge is 0.254 e. The predicted molar refractivity (Wildman–Crippen MR) is 241 cm³/mol. The number of benzene rings is 1. The number of allylic oxidation sites excluding steroid dienone is 13. The van der Waals surface area contributed by atoms with Crippen molar-refractivity contribution in [2.24, 2.45) is 11.8 Å². The lowest BCUT2D eigenvalue weighted by Crippen LogP contribution is -2.55. The van der Waals surface area contributed by atoms with Gasteiger partial charge in [-0.25, -0.2) is 0 Å². The highest BCUT2D eigenvalue weighted by Crippen LogP contribution is 2.56. The molecule has 1 aromatic carbocycles. The summed E-state index contributed by atoms with van der Waals surface area (Å²) in [6.07, 6.45) is 24.0. The average Bonchev–Trinajstić information content (AvgIpc) is 3.88. The van der Waals surface area contributed by atoms with Crippen molar-refractivity contribution in [3.05, 3.63) is 130 Å². The summed E-state index contributed by atoms with van der Waals surface area (Å²) < 4.78 is 6.32. The zero-order valence-electron chi connectivity index (χ0n) is 36.2. The first-order chi connectivity index (χ1) is 30.2. The molecule has 4 amide bonds. The number of rotatable bonds is 14. The maximum atomic E-state index is 13.1. The van der Waals surface area contributed by atoms with Gasteiger partial charge in [0.05, 0.1) is 6.26 Å². The predicted octanol–water partition coefficient (Wildman–Crippen LogP) is 7.11. The van der Waals surface area contributed by atoms with Crippen LogP contribution in [0.4, 0.5) is 0 Å². The Balaban J connectivity index is 0.801. The monoisotopic (exact) mass is 839 g/mol. The Hall–Kier alpha value is -5.52. The molecule has 0 aromatic heterocycles. The minimum atomic E-state index is -1.00. The highest BCUT2D eigenvalue weighted by atomic mass is 16.5. The summed E-state index contributed by atoms with van der Waals surface area (Å²) in [6.45, 7) is 14.6. The van der Waals surface area contributed by atoms with E-state index in [-0.39, 0.29) is 12.8 Å². The highest BCUT2D eigenvalue weighted by molar-refractivity contribution is 6.11. The van der Waals surface area contributed by atoms with Crippen LogP contribution in [0.1, 0.15) is 76.7 Å². The summed E-state index contributed by atoms with van der Waals surface area (Å²) in [5, 5.41) is 11.8. The van der Waals surface area contributed by atoms with Crippen LogP contribution in [0.2, 0.25) is 0 Å². The van der Waals surface area contributed by atoms with Crippen molar-refractivity contribution in [2.45, 2.75) is 77.2 Å². The summed E-state index contributed by atoms with van der Waals surface area (Å²) in [7, 11) is 0. The number of likely N-dealkylation sites (tertiary alicyclic amines) is 1. The molecule has 4 aliphatic heterocycles. The van der Waals surface area contributed by atoms with Gasteiger partial charge in [0, 0.05) is 69.5 Å². The van der Waals surface area contributed by atoms with Gasteiger partial charge in [-0.15, -0.1) is 0 Å². The Kier molecular flexibility index (Phi) is 13.7. The van der Waals surface area contributed by atoms with Crippen LogP contribution in [0.15, 0.2) is 125 Å². The standard InChI is InChI=1S/C51H61N5O6/c1-3-36(7-6-31-57)49(42(4-2)50-43-17-18-44(50)39-11-10-38(43)33-39)37-12-15-41(16-13-37)62-32-30-53-24-22-35(23-25-53)34-54-26-28-55(29-27-54)40-8-5-9-47(59)56(48(60)21-14-40)45-19-20-46(58)52-51(45)61/h3,5-9,12-16,21,31,35,45,50,57H,1,4,10-11,17-20,22-30,32-34H2,2H3,(H,52,58,61)/b9-5+,21-14?,31-6+,36-7+,40-8?,49-42-. The molecule has 326 valence electrons. The zero-order chi connectivity index (χ0) is 43.2. The van der Waals surface area contributed by atoms with E-state index in [4.69, 9.17) is 4.74 Å². The van der Waals surface area contributed by atoms with Gasteiger partial charge in [0.25, 0.3) is 11.8 Å². The van der Waals surface area contributed by atoms with Crippen LogP contribution in [0, 0.1) is 11.8 Å². The summed E-state index contributed by atoms with van der Waals surface area (Å²) in [5.74, 6) is -0.239. The number of nitrogens with zero attached hydrogens (tertiary/aromatic N) is 4. The van der Waals surface area contributed by atoms with Crippen LogP contribution < -0.4 is 10.1 Å². The molecule has 1 unspecified atom stereocenters. The minimum absolute atomic E-state index is 0.0838. The maximum Gasteiger partial charge on any atom is 0.254 e. The van der Waals surface area contributed by atoms with Crippen molar-refractivity contribution in [1.29, 1.82) is 0 Å². The number of hydrogen-bond acceptors (Lipinski definition) is 9. The third kappa shape index (κ3) is 9.44. The second kappa shape index (κ2) is 19.7. The Morgan fingerprint density at radius 2 is 1.56 bits per heavy atom. The molecule has 4 bridgehead atoms. The third-order valence-corrected chi connectivity index (χ3v) is 14.0. The fourth-order valence-corrected chi connectivity index (χ4v) is 10.8. The first kappa shape index (κ1) is 43.1. The van der Waals surface area contributed by atoms with Crippen LogP contribution in [0.3, 0.4) is 0 Å². The molecule has 1 aromatic rings. The average molecular weight is 840 g/mol. The van der Waals surface area contributed by atoms with Gasteiger partial charge in [-0.2, -0.15) is 0 Å². The summed E-state index contributed by atoms with van der Waals surface area (Å²) in [6, 6.07) is 7.57. The van der Waals surface area contributed by atoms with Gasteiger partial charge in [-0.05, 0) is 124 Å². The molecule has 3 aliphatic carbocycles. The first-order valence-electron chi connectivity index (χ1n) is 22.7. The lowest BCUT2D eigenvalue weighted by atomic mass is 9.77. The molecule has 1 atom stereocenters. The van der Waals surface area contributed by atoms with E-state index in [9.17, 15) is 24.3 Å². The van der Waals surface area contributed by atoms with E-state index in [1.54, 1.807) is 40.5 Å². The molecule has 11 heteroatoms. The normalized spacial score (nSPS) is 24.4. The number of aliphatic hydroxyl groups is 1. The van der Waals surface area contributed by atoms with Gasteiger partial charge < -0.3 is 14.7 Å². The number of carbonyl (C=O) groups excluding carboxylic acids is 4. The fourth-order valence-electron chi connectivity index (χ4n) is 10.8. The maximum absolute atomic E-state index is 13.1. The van der Waals surface area contributed by atoms with Gasteiger partial charge in [-0.1, -0.05) is 71.7 Å². The van der Waals surface area contributed by atoms with Crippen LogP contribution >= 0.6 is 0 Å². The molecule has 2 N–H and O–H groups in total. The molecule has 5 fully saturated rings. The van der Waals surface area contributed by atoms with Crippen molar-refractivity contribution in [3.8, 4) is 5.75 Å². The van der Waals surface area contributed by atoms with Crippen molar-refractivity contribution in [1.82, 2.24) is 24.9 Å². The van der Waals surface area contributed by atoms with E-state index < -0.39 is 29.7 Å². The van der Waals surface area contributed by atoms with Gasteiger partial charge >= 0.3 is 0 Å². The van der Waals surface area contributed by atoms with E-state index >= 15 is 0 Å². The number of piperidine rings is 2. The number of piperazine rings is 1. The topological polar surface area (TPSA) is 123 Å². The number of ether oxygens (including phenoxy) is 1. The molecule has 11 nitrogen and oxygen atoms in total. The molecule has 0 radical (unpaired) electrons.